The van der Waals surface area contributed by atoms with Crippen molar-refractivity contribution >= 4 is 19.1 Å². The van der Waals surface area contributed by atoms with Gasteiger partial charge in [0.05, 0.1) is 6.04 Å². The summed E-state index contributed by atoms with van der Waals surface area (Å²) in [5.41, 5.74) is 0. The maximum absolute atomic E-state index is 10.0. The molecular weight excluding hydrogens is 122 g/mol. The number of rotatable bonds is 4. The number of thiol groups is 1. The number of carbonyl (C=O) groups excluding carboxylic acids is 1. The Morgan fingerprint density at radius 3 is 2.62 bits per heavy atom. The molecule has 0 amide bonds. The van der Waals surface area contributed by atoms with Gasteiger partial charge in [0, 0.05) is 0 Å². The van der Waals surface area contributed by atoms with Crippen molar-refractivity contribution in [1.29, 1.82) is 0 Å². The van der Waals surface area contributed by atoms with Crippen LogP contribution in [0.4, 0.5) is 0 Å². The molecule has 0 aromatic rings. The average Bonchev–Trinajstić information content (AvgIpc) is 1.83. The van der Waals surface area contributed by atoms with Crippen LogP contribution in [0.5, 0.6) is 0 Å². The van der Waals surface area contributed by atoms with Gasteiger partial charge in [-0.15, -0.1) is 0 Å². The molecule has 0 unspecified atom stereocenters. The SMILES string of the molecule is CCC[C@@H](C=O)NS. The van der Waals surface area contributed by atoms with E-state index in [1.807, 2.05) is 6.92 Å². The fourth-order valence-electron chi connectivity index (χ4n) is 0.474. The quantitative estimate of drug-likeness (QED) is 0.438. The highest BCUT2D eigenvalue weighted by molar-refractivity contribution is 7.78. The maximum atomic E-state index is 10.0. The highest BCUT2D eigenvalue weighted by atomic mass is 32.1. The number of hydrogen-bond acceptors (Lipinski definition) is 3. The van der Waals surface area contributed by atoms with Crippen molar-refractivity contribution < 1.29 is 4.79 Å². The number of carbonyl (C=O) groups is 1. The van der Waals surface area contributed by atoms with Gasteiger partial charge in [-0.05, 0) is 6.42 Å². The Kier molecular flexibility index (Phi) is 5.11. The lowest BCUT2D eigenvalue weighted by molar-refractivity contribution is -0.109. The summed E-state index contributed by atoms with van der Waals surface area (Å²) in [4.78, 5) is 10.0. The van der Waals surface area contributed by atoms with E-state index in [0.29, 0.717) is 0 Å². The first-order valence-corrected chi connectivity index (χ1v) is 3.14. The molecule has 0 aliphatic heterocycles. The summed E-state index contributed by atoms with van der Waals surface area (Å²) in [5, 5.41) is 0. The van der Waals surface area contributed by atoms with Gasteiger partial charge in [0.25, 0.3) is 0 Å². The van der Waals surface area contributed by atoms with Crippen LogP contribution < -0.4 is 4.72 Å². The van der Waals surface area contributed by atoms with Crippen molar-refractivity contribution in [3.63, 3.8) is 0 Å². The third-order valence-corrected chi connectivity index (χ3v) is 1.26. The Morgan fingerprint density at radius 2 is 2.50 bits per heavy atom. The monoisotopic (exact) mass is 133 g/mol. The molecule has 1 atom stereocenters. The first kappa shape index (κ1) is 7.98. The Morgan fingerprint density at radius 1 is 1.88 bits per heavy atom. The standard InChI is InChI=1S/C5H11NOS/c1-2-3-5(4-7)6-8/h4-6,8H,2-3H2,1H3/t5-/m0/s1. The predicted molar refractivity (Wildman–Crippen MR) is 36.9 cm³/mol. The van der Waals surface area contributed by atoms with Gasteiger partial charge in [-0.25, -0.2) is 0 Å². The fourth-order valence-corrected chi connectivity index (χ4v) is 0.664. The van der Waals surface area contributed by atoms with Crippen molar-refractivity contribution in [2.24, 2.45) is 0 Å². The highest BCUT2D eigenvalue weighted by Crippen LogP contribution is 1.92. The van der Waals surface area contributed by atoms with Gasteiger partial charge in [-0.1, -0.05) is 26.2 Å². The zero-order valence-electron chi connectivity index (χ0n) is 4.92. The van der Waals surface area contributed by atoms with Crippen LogP contribution in [-0.2, 0) is 4.79 Å². The molecule has 0 radical (unpaired) electrons. The molecule has 0 rings (SSSR count). The largest absolute Gasteiger partial charge is 0.302 e. The average molecular weight is 133 g/mol. The summed E-state index contributed by atoms with van der Waals surface area (Å²) in [6.07, 6.45) is 2.75. The van der Waals surface area contributed by atoms with E-state index in [9.17, 15) is 4.79 Å². The van der Waals surface area contributed by atoms with Crippen LogP contribution >= 0.6 is 12.8 Å². The second-order valence-corrected chi connectivity index (χ2v) is 1.92. The molecule has 0 aliphatic rings. The minimum absolute atomic E-state index is 0.0664. The summed E-state index contributed by atoms with van der Waals surface area (Å²) in [7, 11) is 0. The Labute approximate surface area is 55.2 Å². The van der Waals surface area contributed by atoms with E-state index in [4.69, 9.17) is 0 Å². The summed E-state index contributed by atoms with van der Waals surface area (Å²) in [5.74, 6) is 0. The zero-order chi connectivity index (χ0) is 6.41. The van der Waals surface area contributed by atoms with Gasteiger partial charge >= 0.3 is 0 Å². The predicted octanol–water partition coefficient (Wildman–Crippen LogP) is 0.788. The van der Waals surface area contributed by atoms with E-state index in [-0.39, 0.29) is 6.04 Å². The third-order valence-electron chi connectivity index (χ3n) is 0.930. The van der Waals surface area contributed by atoms with Gasteiger partial charge in [0.2, 0.25) is 0 Å². The van der Waals surface area contributed by atoms with Crippen LogP contribution in [0.2, 0.25) is 0 Å². The molecule has 0 aromatic carbocycles. The van der Waals surface area contributed by atoms with E-state index < -0.39 is 0 Å². The van der Waals surface area contributed by atoms with E-state index >= 15 is 0 Å². The molecule has 3 heteroatoms. The van der Waals surface area contributed by atoms with Gasteiger partial charge < -0.3 is 4.79 Å². The lowest BCUT2D eigenvalue weighted by atomic mass is 10.2. The molecule has 1 N–H and O–H groups in total. The summed E-state index contributed by atoms with van der Waals surface area (Å²) in [6.45, 7) is 2.03. The summed E-state index contributed by atoms with van der Waals surface area (Å²) in [6, 6.07) is -0.0664. The van der Waals surface area contributed by atoms with Gasteiger partial charge in [0.15, 0.2) is 0 Å². The molecule has 0 bridgehead atoms. The molecule has 0 saturated heterocycles. The lowest BCUT2D eigenvalue weighted by Crippen LogP contribution is -2.21. The van der Waals surface area contributed by atoms with E-state index in [1.54, 1.807) is 0 Å². The number of aldehydes is 1. The zero-order valence-corrected chi connectivity index (χ0v) is 5.82. The van der Waals surface area contributed by atoms with Gasteiger partial charge in [-0.2, -0.15) is 0 Å². The summed E-state index contributed by atoms with van der Waals surface area (Å²) >= 11 is 3.75. The topological polar surface area (TPSA) is 29.1 Å². The second kappa shape index (κ2) is 5.12. The molecule has 0 spiro atoms. The van der Waals surface area contributed by atoms with Crippen LogP contribution in [0.25, 0.3) is 0 Å². The lowest BCUT2D eigenvalue weighted by Gasteiger charge is -2.02. The molecule has 0 aromatic heterocycles. The molecule has 0 saturated carbocycles. The third kappa shape index (κ3) is 3.04. The van der Waals surface area contributed by atoms with E-state index in [2.05, 4.69) is 17.5 Å². The van der Waals surface area contributed by atoms with Crippen molar-refractivity contribution in [3.05, 3.63) is 0 Å². The smallest absolute Gasteiger partial charge is 0.137 e. The Bertz CT molecular complexity index is 67.4. The fraction of sp³-hybridized carbons (Fsp3) is 0.800. The van der Waals surface area contributed by atoms with Crippen molar-refractivity contribution in [2.75, 3.05) is 0 Å². The van der Waals surface area contributed by atoms with Crippen LogP contribution in [0.3, 0.4) is 0 Å². The van der Waals surface area contributed by atoms with Crippen molar-refractivity contribution in [2.45, 2.75) is 25.8 Å². The molecule has 0 heterocycles. The molecule has 8 heavy (non-hydrogen) atoms. The highest BCUT2D eigenvalue weighted by Gasteiger charge is 1.99. The van der Waals surface area contributed by atoms with Crippen LogP contribution in [0.15, 0.2) is 0 Å². The van der Waals surface area contributed by atoms with Crippen LogP contribution in [-0.4, -0.2) is 12.3 Å². The molecule has 0 fully saturated rings. The Hall–Kier alpha value is -0.0200. The van der Waals surface area contributed by atoms with Gasteiger partial charge in [0.1, 0.15) is 6.29 Å². The number of hydrogen-bond donors (Lipinski definition) is 2. The summed E-state index contributed by atoms with van der Waals surface area (Å²) < 4.78 is 2.58. The Balaban J connectivity index is 3.21. The molecule has 48 valence electrons. The molecule has 0 aliphatic carbocycles. The molecule has 2 nitrogen and oxygen atoms in total. The van der Waals surface area contributed by atoms with Crippen LogP contribution in [0, 0.1) is 0 Å². The second-order valence-electron chi connectivity index (χ2n) is 1.66. The number of nitrogens with one attached hydrogen (secondary N) is 1. The van der Waals surface area contributed by atoms with E-state index in [1.165, 1.54) is 0 Å². The molecular formula is C5H11NOS. The minimum Gasteiger partial charge on any atom is -0.302 e. The maximum Gasteiger partial charge on any atom is 0.137 e. The van der Waals surface area contributed by atoms with Crippen molar-refractivity contribution in [3.8, 4) is 0 Å². The first-order valence-electron chi connectivity index (χ1n) is 2.70. The van der Waals surface area contributed by atoms with E-state index in [0.717, 1.165) is 19.1 Å². The van der Waals surface area contributed by atoms with Crippen LogP contribution in [0.1, 0.15) is 19.8 Å². The normalized spacial score (nSPS) is 13.2. The van der Waals surface area contributed by atoms with Gasteiger partial charge in [-0.3, -0.25) is 4.72 Å². The van der Waals surface area contributed by atoms with Crippen molar-refractivity contribution in [1.82, 2.24) is 4.72 Å². The first-order chi connectivity index (χ1) is 3.85. The minimum atomic E-state index is -0.0664.